The van der Waals surface area contributed by atoms with Crippen molar-refractivity contribution in [1.29, 1.82) is 0 Å². The van der Waals surface area contributed by atoms with E-state index in [4.69, 9.17) is 0 Å². The van der Waals surface area contributed by atoms with E-state index in [1.165, 1.54) is 6.92 Å². The van der Waals surface area contributed by atoms with Gasteiger partial charge in [0.15, 0.2) is 11.3 Å². The average molecular weight is 200 g/mol. The van der Waals surface area contributed by atoms with Crippen molar-refractivity contribution in [1.82, 2.24) is 0 Å². The fourth-order valence-corrected chi connectivity index (χ4v) is 0.973. The summed E-state index contributed by atoms with van der Waals surface area (Å²) in [6, 6.07) is 0. The second-order valence-electron chi connectivity index (χ2n) is 3.04. The molecule has 0 fully saturated rings. The highest BCUT2D eigenvalue weighted by Gasteiger charge is 2.39. The molecule has 0 aromatic heterocycles. The Hall–Kier alpha value is -1.59. The van der Waals surface area contributed by atoms with Crippen LogP contribution in [0.3, 0.4) is 0 Å². The number of esters is 1. The third-order valence-electron chi connectivity index (χ3n) is 1.80. The zero-order valence-corrected chi connectivity index (χ0v) is 7.90. The summed E-state index contributed by atoms with van der Waals surface area (Å²) in [6.45, 7) is 3.14. The SMILES string of the molecule is CCOC(=O)C1=NOC(C)(C(=O)[O-])C1. The lowest BCUT2D eigenvalue weighted by Gasteiger charge is -2.21. The van der Waals surface area contributed by atoms with E-state index in [1.54, 1.807) is 6.92 Å². The van der Waals surface area contributed by atoms with Gasteiger partial charge in [0, 0.05) is 6.42 Å². The van der Waals surface area contributed by atoms with E-state index in [2.05, 4.69) is 14.7 Å². The van der Waals surface area contributed by atoms with Gasteiger partial charge in [0.1, 0.15) is 0 Å². The Morgan fingerprint density at radius 3 is 2.79 bits per heavy atom. The fraction of sp³-hybridized carbons (Fsp3) is 0.625. The van der Waals surface area contributed by atoms with Gasteiger partial charge in [-0.3, -0.25) is 0 Å². The minimum atomic E-state index is -1.55. The maximum Gasteiger partial charge on any atom is 0.356 e. The van der Waals surface area contributed by atoms with E-state index < -0.39 is 17.5 Å². The van der Waals surface area contributed by atoms with E-state index in [9.17, 15) is 14.7 Å². The van der Waals surface area contributed by atoms with Crippen molar-refractivity contribution in [3.05, 3.63) is 0 Å². The summed E-state index contributed by atoms with van der Waals surface area (Å²) in [5.41, 5.74) is -1.58. The highest BCUT2D eigenvalue weighted by Crippen LogP contribution is 2.23. The maximum absolute atomic E-state index is 11.1. The number of hydrogen-bond acceptors (Lipinski definition) is 6. The number of oxime groups is 1. The van der Waals surface area contributed by atoms with Crippen LogP contribution in [-0.4, -0.2) is 29.9 Å². The molecule has 6 heteroatoms. The first-order chi connectivity index (χ1) is 6.49. The largest absolute Gasteiger partial charge is 0.546 e. The zero-order chi connectivity index (χ0) is 10.8. The number of carboxylic acid groups (broad SMARTS) is 1. The standard InChI is InChI=1S/C8H11NO5/c1-3-13-6(10)5-4-8(2,7(11)12)14-9-5/h3-4H2,1-2H3,(H,11,12)/p-1. The predicted molar refractivity (Wildman–Crippen MR) is 43.2 cm³/mol. The molecule has 0 aliphatic carbocycles. The van der Waals surface area contributed by atoms with Crippen molar-refractivity contribution in [2.75, 3.05) is 6.61 Å². The number of carboxylic acids is 1. The molecule has 1 atom stereocenters. The number of carbonyl (C=O) groups is 2. The molecule has 0 spiro atoms. The van der Waals surface area contributed by atoms with Crippen molar-refractivity contribution < 1.29 is 24.3 Å². The minimum Gasteiger partial charge on any atom is -0.546 e. The molecule has 1 aliphatic heterocycles. The number of rotatable bonds is 3. The van der Waals surface area contributed by atoms with Gasteiger partial charge in [-0.15, -0.1) is 0 Å². The second-order valence-corrected chi connectivity index (χ2v) is 3.04. The topological polar surface area (TPSA) is 88.0 Å². The van der Waals surface area contributed by atoms with E-state index in [-0.39, 0.29) is 18.7 Å². The minimum absolute atomic E-state index is 0.0291. The molecule has 0 saturated heterocycles. The van der Waals surface area contributed by atoms with Gasteiger partial charge in [0.2, 0.25) is 0 Å². The van der Waals surface area contributed by atoms with Gasteiger partial charge in [-0.05, 0) is 13.8 Å². The third-order valence-corrected chi connectivity index (χ3v) is 1.80. The van der Waals surface area contributed by atoms with E-state index in [1.807, 2.05) is 0 Å². The summed E-state index contributed by atoms with van der Waals surface area (Å²) in [5, 5.41) is 13.9. The molecule has 1 unspecified atom stereocenters. The van der Waals surface area contributed by atoms with Crippen LogP contribution in [0.2, 0.25) is 0 Å². The van der Waals surface area contributed by atoms with Crippen molar-refractivity contribution >= 4 is 17.7 Å². The second kappa shape index (κ2) is 3.65. The highest BCUT2D eigenvalue weighted by atomic mass is 16.7. The Morgan fingerprint density at radius 2 is 2.36 bits per heavy atom. The lowest BCUT2D eigenvalue weighted by Crippen LogP contribution is -2.46. The van der Waals surface area contributed by atoms with E-state index in [0.717, 1.165) is 0 Å². The number of aliphatic carboxylic acids is 1. The number of hydrogen-bond donors (Lipinski definition) is 0. The Bertz CT molecular complexity index is 298. The van der Waals surface area contributed by atoms with E-state index in [0.29, 0.717) is 0 Å². The average Bonchev–Trinajstić information content (AvgIpc) is 2.50. The molecule has 14 heavy (non-hydrogen) atoms. The Morgan fingerprint density at radius 1 is 1.71 bits per heavy atom. The summed E-state index contributed by atoms with van der Waals surface area (Å²) in [6.07, 6.45) is -0.131. The van der Waals surface area contributed by atoms with Crippen molar-refractivity contribution in [2.24, 2.45) is 5.16 Å². The van der Waals surface area contributed by atoms with Crippen LogP contribution in [0.15, 0.2) is 5.16 Å². The third kappa shape index (κ3) is 1.84. The first-order valence-electron chi connectivity index (χ1n) is 4.13. The van der Waals surface area contributed by atoms with Crippen LogP contribution >= 0.6 is 0 Å². The molecular weight excluding hydrogens is 190 g/mol. The summed E-state index contributed by atoms with van der Waals surface area (Å²) < 4.78 is 4.64. The summed E-state index contributed by atoms with van der Waals surface area (Å²) in [5.74, 6) is -2.06. The van der Waals surface area contributed by atoms with Crippen molar-refractivity contribution in [2.45, 2.75) is 25.9 Å². The van der Waals surface area contributed by atoms with Gasteiger partial charge in [-0.25, -0.2) is 4.79 Å². The quantitative estimate of drug-likeness (QED) is 0.536. The molecular formula is C8H10NO5-. The summed E-state index contributed by atoms with van der Waals surface area (Å²) in [4.78, 5) is 26.3. The molecule has 0 radical (unpaired) electrons. The van der Waals surface area contributed by atoms with E-state index >= 15 is 0 Å². The summed E-state index contributed by atoms with van der Waals surface area (Å²) >= 11 is 0. The fourth-order valence-electron chi connectivity index (χ4n) is 0.973. The van der Waals surface area contributed by atoms with Crippen molar-refractivity contribution in [3.8, 4) is 0 Å². The Kier molecular flexibility index (Phi) is 2.73. The van der Waals surface area contributed by atoms with Crippen LogP contribution in [0.4, 0.5) is 0 Å². The van der Waals surface area contributed by atoms with Gasteiger partial charge >= 0.3 is 5.97 Å². The number of nitrogens with zero attached hydrogens (tertiary/aromatic N) is 1. The van der Waals surface area contributed by atoms with Crippen LogP contribution < -0.4 is 5.11 Å². The lowest BCUT2D eigenvalue weighted by atomic mass is 10.0. The number of carbonyl (C=O) groups excluding carboxylic acids is 2. The molecule has 0 saturated carbocycles. The molecule has 6 nitrogen and oxygen atoms in total. The van der Waals surface area contributed by atoms with Crippen LogP contribution in [0, 0.1) is 0 Å². The van der Waals surface area contributed by atoms with Crippen LogP contribution in [-0.2, 0) is 19.2 Å². The molecule has 1 aliphatic rings. The normalized spacial score (nSPS) is 25.1. The zero-order valence-electron chi connectivity index (χ0n) is 7.90. The highest BCUT2D eigenvalue weighted by molar-refractivity contribution is 6.37. The van der Waals surface area contributed by atoms with Crippen LogP contribution in [0.1, 0.15) is 20.3 Å². The molecule has 0 amide bonds. The number of ether oxygens (including phenoxy) is 1. The molecule has 0 N–H and O–H groups in total. The van der Waals surface area contributed by atoms with Crippen molar-refractivity contribution in [3.63, 3.8) is 0 Å². The van der Waals surface area contributed by atoms with Gasteiger partial charge in [0.05, 0.1) is 12.6 Å². The van der Waals surface area contributed by atoms with Gasteiger partial charge in [-0.2, -0.15) is 0 Å². The van der Waals surface area contributed by atoms with Gasteiger partial charge < -0.3 is 19.5 Å². The van der Waals surface area contributed by atoms with Crippen LogP contribution in [0.25, 0.3) is 0 Å². The predicted octanol–water partition coefficient (Wildman–Crippen LogP) is -1.17. The smallest absolute Gasteiger partial charge is 0.356 e. The molecule has 1 heterocycles. The monoisotopic (exact) mass is 200 g/mol. The van der Waals surface area contributed by atoms with Gasteiger partial charge in [-0.1, -0.05) is 5.16 Å². The first-order valence-corrected chi connectivity index (χ1v) is 4.13. The molecule has 0 aromatic rings. The molecule has 1 rings (SSSR count). The maximum atomic E-state index is 11.1. The van der Waals surface area contributed by atoms with Gasteiger partial charge in [0.25, 0.3) is 0 Å². The van der Waals surface area contributed by atoms with Crippen LogP contribution in [0.5, 0.6) is 0 Å². The summed E-state index contributed by atoms with van der Waals surface area (Å²) in [7, 11) is 0. The lowest BCUT2D eigenvalue weighted by molar-refractivity contribution is -0.324. The molecule has 0 aromatic carbocycles. The molecule has 0 bridgehead atoms. The Balaban J connectivity index is 2.64. The Labute approximate surface area is 80.5 Å². The first kappa shape index (κ1) is 10.5. The molecule has 78 valence electrons.